The van der Waals surface area contributed by atoms with Crippen LogP contribution < -0.4 is 10.1 Å². The van der Waals surface area contributed by atoms with Crippen molar-refractivity contribution >= 4 is 23.2 Å². The zero-order valence-electron chi connectivity index (χ0n) is 16.8. The lowest BCUT2D eigenvalue weighted by atomic mass is 10.1. The Morgan fingerprint density at radius 2 is 1.94 bits per heavy atom. The van der Waals surface area contributed by atoms with Crippen molar-refractivity contribution in [2.75, 3.05) is 5.32 Å². The third-order valence-electron chi connectivity index (χ3n) is 4.88. The fraction of sp³-hybridized carbons (Fsp3) is 0.286. The lowest BCUT2D eigenvalue weighted by Gasteiger charge is -2.20. The van der Waals surface area contributed by atoms with Gasteiger partial charge in [0.15, 0.2) is 6.10 Å². The van der Waals surface area contributed by atoms with Gasteiger partial charge < -0.3 is 14.5 Å². The minimum absolute atomic E-state index is 0.0610. The number of alkyl halides is 3. The van der Waals surface area contributed by atoms with Crippen LogP contribution in [-0.2, 0) is 0 Å². The van der Waals surface area contributed by atoms with Gasteiger partial charge in [0.1, 0.15) is 17.4 Å². The van der Waals surface area contributed by atoms with Gasteiger partial charge in [-0.2, -0.15) is 13.2 Å². The summed E-state index contributed by atoms with van der Waals surface area (Å²) in [6.07, 6.45) is -5.46. The van der Waals surface area contributed by atoms with Gasteiger partial charge in [0.25, 0.3) is 11.8 Å². The molecule has 1 atom stereocenters. The Labute approximate surface area is 188 Å². The molecule has 1 saturated carbocycles. The molecule has 1 aliphatic rings. The van der Waals surface area contributed by atoms with E-state index < -0.39 is 46.8 Å². The molecule has 6 nitrogen and oxygen atoms in total. The van der Waals surface area contributed by atoms with E-state index in [0.717, 1.165) is 31.9 Å². The maximum atomic E-state index is 14.9. The van der Waals surface area contributed by atoms with E-state index in [2.05, 4.69) is 15.5 Å². The summed E-state index contributed by atoms with van der Waals surface area (Å²) in [5.41, 5.74) is -1.39. The molecule has 0 radical (unpaired) electrons. The molecular weight excluding hydrogens is 473 g/mol. The second-order valence-electron chi connectivity index (χ2n) is 7.40. The largest absolute Gasteiger partial charge is 0.480 e. The molecule has 1 N–H and O–H groups in total. The highest BCUT2D eigenvalue weighted by molar-refractivity contribution is 6.34. The number of rotatable bonds is 6. The molecule has 12 heteroatoms. The molecule has 3 aromatic rings. The van der Waals surface area contributed by atoms with Crippen molar-refractivity contribution < 1.29 is 35.9 Å². The van der Waals surface area contributed by atoms with Crippen LogP contribution in [0.5, 0.6) is 5.75 Å². The number of halogens is 6. The highest BCUT2D eigenvalue weighted by Crippen LogP contribution is 2.41. The predicted molar refractivity (Wildman–Crippen MR) is 107 cm³/mol. The van der Waals surface area contributed by atoms with Crippen LogP contribution >= 0.6 is 11.6 Å². The van der Waals surface area contributed by atoms with Crippen molar-refractivity contribution in [3.8, 4) is 17.2 Å². The predicted octanol–water partition coefficient (Wildman–Crippen LogP) is 6.13. The van der Waals surface area contributed by atoms with Crippen LogP contribution in [-0.4, -0.2) is 28.4 Å². The summed E-state index contributed by atoms with van der Waals surface area (Å²) in [7, 11) is 0. The van der Waals surface area contributed by atoms with Gasteiger partial charge in [-0.25, -0.2) is 8.78 Å². The molecule has 0 unspecified atom stereocenters. The molecule has 1 heterocycles. The van der Waals surface area contributed by atoms with E-state index in [1.807, 2.05) is 0 Å². The Kier molecular flexibility index (Phi) is 6.00. The van der Waals surface area contributed by atoms with E-state index >= 15 is 0 Å². The van der Waals surface area contributed by atoms with Crippen molar-refractivity contribution in [2.24, 2.45) is 0 Å². The minimum Gasteiger partial charge on any atom is -0.480 e. The number of aromatic nitrogens is 2. The Morgan fingerprint density at radius 3 is 2.58 bits per heavy atom. The summed E-state index contributed by atoms with van der Waals surface area (Å²) in [4.78, 5) is 12.8. The Morgan fingerprint density at radius 1 is 1.21 bits per heavy atom. The molecule has 174 valence electrons. The first-order chi connectivity index (χ1) is 15.5. The van der Waals surface area contributed by atoms with Crippen LogP contribution in [0.25, 0.3) is 11.5 Å². The third kappa shape index (κ3) is 4.92. The topological polar surface area (TPSA) is 77.2 Å². The first-order valence-electron chi connectivity index (χ1n) is 9.70. The van der Waals surface area contributed by atoms with Crippen LogP contribution in [0.3, 0.4) is 0 Å². The normalized spacial score (nSPS) is 14.8. The summed E-state index contributed by atoms with van der Waals surface area (Å²) >= 11 is 5.88. The third-order valence-corrected chi connectivity index (χ3v) is 5.19. The second-order valence-corrected chi connectivity index (χ2v) is 7.81. The van der Waals surface area contributed by atoms with E-state index in [1.54, 1.807) is 0 Å². The first-order valence-corrected chi connectivity index (χ1v) is 10.1. The monoisotopic (exact) mass is 487 g/mol. The van der Waals surface area contributed by atoms with Gasteiger partial charge in [0.2, 0.25) is 5.89 Å². The number of hydrogen-bond acceptors (Lipinski definition) is 5. The molecule has 2 aromatic carbocycles. The first kappa shape index (κ1) is 23.0. The number of benzene rings is 2. The summed E-state index contributed by atoms with van der Waals surface area (Å²) in [5.74, 6) is -3.61. The van der Waals surface area contributed by atoms with Crippen LogP contribution in [0.4, 0.5) is 27.6 Å². The Bertz CT molecular complexity index is 1190. The molecule has 4 rings (SSSR count). The van der Waals surface area contributed by atoms with Crippen molar-refractivity contribution in [1.82, 2.24) is 10.2 Å². The molecule has 1 aromatic heterocycles. The number of amides is 1. The summed E-state index contributed by atoms with van der Waals surface area (Å²) in [6.45, 7) is 0.719. The van der Waals surface area contributed by atoms with Crippen LogP contribution in [0, 0.1) is 11.6 Å². The highest BCUT2D eigenvalue weighted by Gasteiger charge is 2.39. The molecule has 1 aliphatic carbocycles. The van der Waals surface area contributed by atoms with Crippen molar-refractivity contribution in [2.45, 2.75) is 38.0 Å². The standard InChI is InChI=1S/C21H15ClF5N3O3/c1-9(21(25,26)27)32-16-8-11(20-30-29-19(33-20)10-5-6-10)15(24)7-12(16)18(31)28-17-13(22)3-2-4-14(17)23/h2-4,7-10H,5-6H2,1H3,(H,28,31)/t9-/m0/s1. The number of anilines is 1. The fourth-order valence-corrected chi connectivity index (χ4v) is 3.10. The van der Waals surface area contributed by atoms with Crippen molar-refractivity contribution in [1.29, 1.82) is 0 Å². The van der Waals surface area contributed by atoms with Crippen molar-refractivity contribution in [3.05, 3.63) is 58.4 Å². The van der Waals surface area contributed by atoms with Crippen LogP contribution in [0.15, 0.2) is 34.7 Å². The van der Waals surface area contributed by atoms with Gasteiger partial charge in [-0.05, 0) is 44.0 Å². The van der Waals surface area contributed by atoms with Crippen LogP contribution in [0.1, 0.15) is 41.9 Å². The molecule has 33 heavy (non-hydrogen) atoms. The number of nitrogens with zero attached hydrogens (tertiary/aromatic N) is 2. The second kappa shape index (κ2) is 8.62. The molecule has 0 spiro atoms. The lowest BCUT2D eigenvalue weighted by Crippen LogP contribution is -2.32. The van der Waals surface area contributed by atoms with E-state index in [1.165, 1.54) is 12.1 Å². The Balaban J connectivity index is 1.74. The molecule has 0 aliphatic heterocycles. The number of hydrogen-bond donors (Lipinski definition) is 1. The molecular formula is C21H15ClF5N3O3. The highest BCUT2D eigenvalue weighted by atomic mass is 35.5. The smallest absolute Gasteiger partial charge is 0.425 e. The average Bonchev–Trinajstić information content (AvgIpc) is 3.48. The van der Waals surface area contributed by atoms with Crippen LogP contribution in [0.2, 0.25) is 5.02 Å². The molecule has 0 bridgehead atoms. The van der Waals surface area contributed by atoms with Gasteiger partial charge in [0, 0.05) is 5.92 Å². The van der Waals surface area contributed by atoms with Crippen molar-refractivity contribution in [3.63, 3.8) is 0 Å². The van der Waals surface area contributed by atoms with E-state index in [-0.39, 0.29) is 28.3 Å². The maximum Gasteiger partial charge on any atom is 0.425 e. The zero-order valence-corrected chi connectivity index (χ0v) is 17.6. The number of carbonyl (C=O) groups is 1. The maximum absolute atomic E-state index is 14.9. The number of carbonyl (C=O) groups excluding carboxylic acids is 1. The van der Waals surface area contributed by atoms with Gasteiger partial charge in [-0.1, -0.05) is 17.7 Å². The number of nitrogens with one attached hydrogen (secondary N) is 1. The lowest BCUT2D eigenvalue weighted by molar-refractivity contribution is -0.189. The van der Waals surface area contributed by atoms with Gasteiger partial charge in [-0.3, -0.25) is 4.79 Å². The van der Waals surface area contributed by atoms with Gasteiger partial charge in [-0.15, -0.1) is 10.2 Å². The minimum atomic E-state index is -4.78. The van der Waals surface area contributed by atoms with E-state index in [0.29, 0.717) is 6.07 Å². The number of para-hydroxylation sites is 1. The SMILES string of the molecule is C[C@H](Oc1cc(-c2nnc(C3CC3)o2)c(F)cc1C(=O)Nc1c(F)cccc1Cl)C(F)(F)F. The number of ether oxygens (including phenoxy) is 1. The van der Waals surface area contributed by atoms with Gasteiger partial charge >= 0.3 is 6.18 Å². The average molecular weight is 488 g/mol. The summed E-state index contributed by atoms with van der Waals surface area (Å²) < 4.78 is 78.6. The molecule has 1 fully saturated rings. The molecule has 1 amide bonds. The summed E-state index contributed by atoms with van der Waals surface area (Å²) in [6, 6.07) is 5.11. The van der Waals surface area contributed by atoms with E-state index in [4.69, 9.17) is 20.8 Å². The molecule has 0 saturated heterocycles. The zero-order chi connectivity index (χ0) is 23.9. The Hall–Kier alpha value is -3.21. The van der Waals surface area contributed by atoms with E-state index in [9.17, 15) is 26.7 Å². The fourth-order valence-electron chi connectivity index (χ4n) is 2.89. The summed E-state index contributed by atoms with van der Waals surface area (Å²) in [5, 5.41) is 9.53. The quantitative estimate of drug-likeness (QED) is 0.423. The van der Waals surface area contributed by atoms with Gasteiger partial charge in [0.05, 0.1) is 21.8 Å².